The summed E-state index contributed by atoms with van der Waals surface area (Å²) in [6.07, 6.45) is 0. The van der Waals surface area contributed by atoms with Crippen LogP contribution in [0, 0.1) is 0 Å². The maximum atomic E-state index is 12.3. The molecule has 8 heteroatoms. The first-order valence-corrected chi connectivity index (χ1v) is 10.5. The summed E-state index contributed by atoms with van der Waals surface area (Å²) in [5.41, 5.74) is 7.44. The van der Waals surface area contributed by atoms with E-state index >= 15 is 0 Å². The number of nitrogen functional groups attached to an aromatic ring is 1. The Hall–Kier alpha value is -3.65. The largest absolute Gasteiger partial charge is 0.368 e. The van der Waals surface area contributed by atoms with Gasteiger partial charge in [-0.05, 0) is 35.0 Å². The Bertz CT molecular complexity index is 1170. The Labute approximate surface area is 178 Å². The predicted octanol–water partition coefficient (Wildman–Crippen LogP) is 4.22. The molecule has 1 amide bonds. The lowest BCUT2D eigenvalue weighted by molar-refractivity contribution is -0.113. The number of nitrogens with two attached hydrogens (primary N) is 1. The average Bonchev–Trinajstić information content (AvgIpc) is 2.74. The molecule has 0 unspecified atom stereocenters. The molecule has 0 aliphatic carbocycles. The summed E-state index contributed by atoms with van der Waals surface area (Å²) >= 11 is 1.41. The molecule has 0 saturated heterocycles. The van der Waals surface area contributed by atoms with Gasteiger partial charge < -0.3 is 16.4 Å². The molecular formula is C22H20N6OS. The topological polar surface area (TPSA) is 106 Å². The van der Waals surface area contributed by atoms with Gasteiger partial charge in [0.2, 0.25) is 17.8 Å². The number of benzene rings is 3. The summed E-state index contributed by atoms with van der Waals surface area (Å²) in [7, 11) is 0. The highest BCUT2D eigenvalue weighted by Crippen LogP contribution is 2.20. The maximum Gasteiger partial charge on any atom is 0.234 e. The van der Waals surface area contributed by atoms with Crippen molar-refractivity contribution in [1.82, 2.24) is 15.0 Å². The van der Waals surface area contributed by atoms with Gasteiger partial charge >= 0.3 is 0 Å². The minimum absolute atomic E-state index is 0.0834. The molecule has 150 valence electrons. The van der Waals surface area contributed by atoms with Crippen LogP contribution in [0.25, 0.3) is 10.8 Å². The van der Waals surface area contributed by atoms with Gasteiger partial charge in [-0.1, -0.05) is 48.5 Å². The Kier molecular flexibility index (Phi) is 6.05. The van der Waals surface area contributed by atoms with Crippen molar-refractivity contribution in [2.75, 3.05) is 22.1 Å². The molecule has 30 heavy (non-hydrogen) atoms. The fourth-order valence-corrected chi connectivity index (χ4v) is 3.58. The van der Waals surface area contributed by atoms with Gasteiger partial charge in [0.15, 0.2) is 0 Å². The number of carbonyl (C=O) groups excluding carboxylic acids is 1. The van der Waals surface area contributed by atoms with E-state index in [0.717, 1.165) is 22.1 Å². The van der Waals surface area contributed by atoms with Gasteiger partial charge in [-0.25, -0.2) is 0 Å². The van der Waals surface area contributed by atoms with Crippen LogP contribution in [0.5, 0.6) is 0 Å². The van der Waals surface area contributed by atoms with E-state index in [4.69, 9.17) is 5.73 Å². The second-order valence-corrected chi connectivity index (χ2v) is 7.51. The summed E-state index contributed by atoms with van der Waals surface area (Å²) in [5.74, 6) is 1.68. The van der Waals surface area contributed by atoms with Crippen molar-refractivity contribution in [1.29, 1.82) is 0 Å². The number of thioether (sulfide) groups is 1. The zero-order chi connectivity index (χ0) is 20.8. The molecule has 0 atom stereocenters. The summed E-state index contributed by atoms with van der Waals surface area (Å²) in [5, 5.41) is 8.25. The number of nitrogens with zero attached hydrogens (tertiary/aromatic N) is 3. The van der Waals surface area contributed by atoms with Gasteiger partial charge in [0.05, 0.1) is 11.5 Å². The van der Waals surface area contributed by atoms with Crippen LogP contribution in [0.4, 0.5) is 23.3 Å². The summed E-state index contributed by atoms with van der Waals surface area (Å²) in [4.78, 5) is 24.9. The van der Waals surface area contributed by atoms with Gasteiger partial charge in [0.25, 0.3) is 0 Å². The first-order valence-electron chi connectivity index (χ1n) is 9.34. The highest BCUT2D eigenvalue weighted by Gasteiger charge is 2.08. The molecule has 4 aromatic rings. The van der Waals surface area contributed by atoms with Crippen LogP contribution in [-0.4, -0.2) is 26.6 Å². The third-order valence-corrected chi connectivity index (χ3v) is 5.16. The van der Waals surface area contributed by atoms with Crippen molar-refractivity contribution < 1.29 is 4.79 Å². The molecule has 0 aliphatic heterocycles. The molecule has 1 heterocycles. The van der Waals surface area contributed by atoms with E-state index in [9.17, 15) is 4.79 Å². The maximum absolute atomic E-state index is 12.3. The van der Waals surface area contributed by atoms with Gasteiger partial charge in [-0.3, -0.25) is 4.79 Å². The molecule has 4 rings (SSSR count). The highest BCUT2D eigenvalue weighted by atomic mass is 32.2. The molecule has 0 radical (unpaired) electrons. The SMILES string of the molecule is Nc1nc(CSCC(=O)Nc2ccc3ccccc3c2)nc(Nc2ccccc2)n1. The molecule has 4 N–H and O–H groups in total. The van der Waals surface area contributed by atoms with Crippen molar-refractivity contribution in [3.05, 3.63) is 78.6 Å². The standard InChI is InChI=1S/C22H20N6OS/c23-21-26-19(27-22(28-21)25-17-8-2-1-3-9-17)13-30-14-20(29)24-18-11-10-15-6-4-5-7-16(15)12-18/h1-12H,13-14H2,(H,24,29)(H3,23,25,26,27,28). The lowest BCUT2D eigenvalue weighted by Crippen LogP contribution is -2.14. The number of aromatic nitrogens is 3. The van der Waals surface area contributed by atoms with Crippen LogP contribution >= 0.6 is 11.8 Å². The van der Waals surface area contributed by atoms with E-state index < -0.39 is 0 Å². The van der Waals surface area contributed by atoms with Gasteiger partial charge in [0, 0.05) is 11.4 Å². The molecule has 0 aliphatic rings. The Balaban J connectivity index is 1.32. The zero-order valence-corrected chi connectivity index (χ0v) is 16.9. The van der Waals surface area contributed by atoms with Crippen molar-refractivity contribution in [2.24, 2.45) is 0 Å². The molecule has 0 fully saturated rings. The van der Waals surface area contributed by atoms with Crippen LogP contribution in [0.3, 0.4) is 0 Å². The number of anilines is 4. The quantitative estimate of drug-likeness (QED) is 0.414. The third kappa shape index (κ3) is 5.24. The molecule has 0 spiro atoms. The van der Waals surface area contributed by atoms with E-state index in [0.29, 0.717) is 17.5 Å². The van der Waals surface area contributed by atoms with Gasteiger partial charge in [-0.2, -0.15) is 15.0 Å². The smallest absolute Gasteiger partial charge is 0.234 e. The number of fused-ring (bicyclic) bond motifs is 1. The van der Waals surface area contributed by atoms with Crippen LogP contribution in [0.2, 0.25) is 0 Å². The van der Waals surface area contributed by atoms with Crippen LogP contribution < -0.4 is 16.4 Å². The molecule has 0 bridgehead atoms. The number of nitrogens with one attached hydrogen (secondary N) is 2. The van der Waals surface area contributed by atoms with Gasteiger partial charge in [-0.15, -0.1) is 11.8 Å². The van der Waals surface area contributed by atoms with Crippen LogP contribution in [0.15, 0.2) is 72.8 Å². The normalized spacial score (nSPS) is 10.7. The molecule has 7 nitrogen and oxygen atoms in total. The fourth-order valence-electron chi connectivity index (χ4n) is 2.91. The van der Waals surface area contributed by atoms with E-state index in [1.807, 2.05) is 72.8 Å². The molecule has 0 saturated carbocycles. The minimum atomic E-state index is -0.0834. The van der Waals surface area contributed by atoms with E-state index in [-0.39, 0.29) is 17.6 Å². The molecule has 3 aromatic carbocycles. The Morgan fingerprint density at radius 3 is 2.47 bits per heavy atom. The van der Waals surface area contributed by atoms with Gasteiger partial charge in [0.1, 0.15) is 5.82 Å². The first-order chi connectivity index (χ1) is 14.7. The van der Waals surface area contributed by atoms with Crippen molar-refractivity contribution in [3.8, 4) is 0 Å². The monoisotopic (exact) mass is 416 g/mol. The van der Waals surface area contributed by atoms with E-state index in [1.165, 1.54) is 11.8 Å². The van der Waals surface area contributed by atoms with Crippen LogP contribution in [0.1, 0.15) is 5.82 Å². The number of amides is 1. The second-order valence-electron chi connectivity index (χ2n) is 6.53. The highest BCUT2D eigenvalue weighted by molar-refractivity contribution is 7.99. The van der Waals surface area contributed by atoms with Crippen LogP contribution in [-0.2, 0) is 10.5 Å². The number of hydrogen-bond donors (Lipinski definition) is 3. The zero-order valence-electron chi connectivity index (χ0n) is 16.1. The number of rotatable bonds is 7. The lowest BCUT2D eigenvalue weighted by atomic mass is 10.1. The third-order valence-electron chi connectivity index (χ3n) is 4.23. The van der Waals surface area contributed by atoms with Crippen molar-refractivity contribution in [2.45, 2.75) is 5.75 Å². The fraction of sp³-hybridized carbons (Fsp3) is 0.0909. The second kappa shape index (κ2) is 9.23. The average molecular weight is 417 g/mol. The number of para-hydroxylation sites is 1. The predicted molar refractivity (Wildman–Crippen MR) is 123 cm³/mol. The summed E-state index contributed by atoms with van der Waals surface area (Å²) < 4.78 is 0. The number of carbonyl (C=O) groups is 1. The Morgan fingerprint density at radius 2 is 1.63 bits per heavy atom. The van der Waals surface area contributed by atoms with Crippen molar-refractivity contribution >= 4 is 51.7 Å². The molecular weight excluding hydrogens is 396 g/mol. The molecule has 1 aromatic heterocycles. The van der Waals surface area contributed by atoms with Crippen molar-refractivity contribution in [3.63, 3.8) is 0 Å². The first kappa shape index (κ1) is 19.7. The number of hydrogen-bond acceptors (Lipinski definition) is 7. The van der Waals surface area contributed by atoms with E-state index in [2.05, 4.69) is 25.6 Å². The summed E-state index contributed by atoms with van der Waals surface area (Å²) in [6, 6.07) is 23.5. The summed E-state index contributed by atoms with van der Waals surface area (Å²) in [6.45, 7) is 0. The van der Waals surface area contributed by atoms with E-state index in [1.54, 1.807) is 0 Å². The minimum Gasteiger partial charge on any atom is -0.368 e. The lowest BCUT2D eigenvalue weighted by Gasteiger charge is -2.08. The Morgan fingerprint density at radius 1 is 0.867 bits per heavy atom.